The number of aromatic nitrogens is 2. The molecule has 4 nitrogen and oxygen atoms in total. The summed E-state index contributed by atoms with van der Waals surface area (Å²) >= 11 is 0. The van der Waals surface area contributed by atoms with Gasteiger partial charge in [0.1, 0.15) is 5.82 Å². The molecule has 0 fully saturated rings. The molecule has 0 unspecified atom stereocenters. The van der Waals surface area contributed by atoms with Gasteiger partial charge in [-0.05, 0) is 29.3 Å². The highest BCUT2D eigenvalue weighted by atomic mass is 19.1. The van der Waals surface area contributed by atoms with E-state index in [1.54, 1.807) is 30.7 Å². The van der Waals surface area contributed by atoms with Crippen LogP contribution in [0.5, 0.6) is 0 Å². The third kappa shape index (κ3) is 2.91. The molecule has 0 saturated carbocycles. The lowest BCUT2D eigenvalue weighted by Gasteiger charge is -2.04. The summed E-state index contributed by atoms with van der Waals surface area (Å²) in [5, 5.41) is 3.29. The second kappa shape index (κ2) is 5.75. The van der Waals surface area contributed by atoms with Crippen LogP contribution in [0.4, 0.5) is 4.39 Å². The predicted molar refractivity (Wildman–Crippen MR) is 78.0 cm³/mol. The summed E-state index contributed by atoms with van der Waals surface area (Å²) in [7, 11) is 0. The summed E-state index contributed by atoms with van der Waals surface area (Å²) in [6.45, 7) is 0.414. The molecule has 0 bridgehead atoms. The molecule has 0 aliphatic rings. The Morgan fingerprint density at radius 2 is 2.19 bits per heavy atom. The van der Waals surface area contributed by atoms with Crippen molar-refractivity contribution in [2.75, 3.05) is 0 Å². The Morgan fingerprint density at radius 1 is 1.29 bits per heavy atom. The van der Waals surface area contributed by atoms with Gasteiger partial charge in [0.25, 0.3) is 0 Å². The maximum atomic E-state index is 13.8. The largest absolute Gasteiger partial charge is 0.361 e. The summed E-state index contributed by atoms with van der Waals surface area (Å²) in [6.07, 6.45) is 5.20. The van der Waals surface area contributed by atoms with E-state index in [0.717, 1.165) is 5.56 Å². The highest BCUT2D eigenvalue weighted by molar-refractivity contribution is 5.89. The summed E-state index contributed by atoms with van der Waals surface area (Å²) in [6, 6.07) is 8.53. The van der Waals surface area contributed by atoms with Crippen LogP contribution in [0.2, 0.25) is 0 Å². The molecule has 21 heavy (non-hydrogen) atoms. The fraction of sp³-hybridized carbons (Fsp3) is 0.125. The highest BCUT2D eigenvalue weighted by Crippen LogP contribution is 2.21. The first kappa shape index (κ1) is 13.3. The van der Waals surface area contributed by atoms with Crippen LogP contribution in [-0.4, -0.2) is 15.9 Å². The Morgan fingerprint density at radius 3 is 3.00 bits per heavy atom. The molecule has 2 N–H and O–H groups in total. The van der Waals surface area contributed by atoms with Crippen LogP contribution in [0.15, 0.2) is 48.9 Å². The average molecular weight is 283 g/mol. The lowest BCUT2D eigenvalue weighted by atomic mass is 10.1. The fourth-order valence-corrected chi connectivity index (χ4v) is 2.29. The summed E-state index contributed by atoms with van der Waals surface area (Å²) in [5.74, 6) is -0.466. The van der Waals surface area contributed by atoms with Crippen molar-refractivity contribution in [3.8, 4) is 0 Å². The maximum Gasteiger partial charge on any atom is 0.224 e. The monoisotopic (exact) mass is 283 g/mol. The number of hydrogen-bond acceptors (Lipinski definition) is 2. The summed E-state index contributed by atoms with van der Waals surface area (Å²) in [5.41, 5.74) is 2.29. The molecule has 0 aliphatic heterocycles. The van der Waals surface area contributed by atoms with Crippen LogP contribution >= 0.6 is 0 Å². The summed E-state index contributed by atoms with van der Waals surface area (Å²) < 4.78 is 13.8. The van der Waals surface area contributed by atoms with Crippen molar-refractivity contribution in [1.29, 1.82) is 0 Å². The molecule has 0 aliphatic carbocycles. The Bertz CT molecular complexity index is 768. The number of rotatable bonds is 4. The molecule has 0 atom stereocenters. The van der Waals surface area contributed by atoms with E-state index in [4.69, 9.17) is 0 Å². The van der Waals surface area contributed by atoms with Crippen LogP contribution in [0.1, 0.15) is 11.1 Å². The van der Waals surface area contributed by atoms with Crippen LogP contribution in [-0.2, 0) is 17.8 Å². The molecular formula is C16H14FN3O. The van der Waals surface area contributed by atoms with Crippen LogP contribution in [0.25, 0.3) is 10.9 Å². The number of halogens is 1. The lowest BCUT2D eigenvalue weighted by Crippen LogP contribution is -2.24. The van der Waals surface area contributed by atoms with Crippen molar-refractivity contribution in [1.82, 2.24) is 15.3 Å². The van der Waals surface area contributed by atoms with Crippen molar-refractivity contribution in [3.05, 3.63) is 65.9 Å². The molecular weight excluding hydrogens is 269 g/mol. The first-order valence-electron chi connectivity index (χ1n) is 6.64. The number of carbonyl (C=O) groups is 1. The molecule has 1 amide bonds. The van der Waals surface area contributed by atoms with Gasteiger partial charge in [0, 0.05) is 36.0 Å². The number of hydrogen-bond donors (Lipinski definition) is 2. The van der Waals surface area contributed by atoms with E-state index in [0.29, 0.717) is 23.0 Å². The van der Waals surface area contributed by atoms with E-state index in [9.17, 15) is 9.18 Å². The van der Waals surface area contributed by atoms with Gasteiger partial charge in [-0.3, -0.25) is 9.78 Å². The number of pyridine rings is 1. The van der Waals surface area contributed by atoms with Gasteiger partial charge >= 0.3 is 0 Å². The van der Waals surface area contributed by atoms with Crippen molar-refractivity contribution in [2.45, 2.75) is 13.0 Å². The number of H-pyrrole nitrogens is 1. The van der Waals surface area contributed by atoms with Crippen molar-refractivity contribution < 1.29 is 9.18 Å². The normalized spacial score (nSPS) is 10.7. The molecule has 3 rings (SSSR count). The molecule has 0 saturated heterocycles. The maximum absolute atomic E-state index is 13.8. The molecule has 0 radical (unpaired) electrons. The fourth-order valence-electron chi connectivity index (χ4n) is 2.29. The zero-order chi connectivity index (χ0) is 14.7. The Hall–Kier alpha value is -2.69. The third-order valence-electron chi connectivity index (χ3n) is 3.30. The second-order valence-electron chi connectivity index (χ2n) is 4.79. The zero-order valence-electron chi connectivity index (χ0n) is 11.3. The second-order valence-corrected chi connectivity index (χ2v) is 4.79. The quantitative estimate of drug-likeness (QED) is 0.773. The van der Waals surface area contributed by atoms with E-state index >= 15 is 0 Å². The van der Waals surface area contributed by atoms with E-state index in [1.807, 2.05) is 12.1 Å². The third-order valence-corrected chi connectivity index (χ3v) is 3.30. The minimum atomic E-state index is -0.316. The van der Waals surface area contributed by atoms with Crippen molar-refractivity contribution >= 4 is 16.8 Å². The van der Waals surface area contributed by atoms with Crippen LogP contribution < -0.4 is 5.32 Å². The first-order valence-corrected chi connectivity index (χ1v) is 6.64. The van der Waals surface area contributed by atoms with Gasteiger partial charge < -0.3 is 10.3 Å². The smallest absolute Gasteiger partial charge is 0.224 e. The number of amides is 1. The van der Waals surface area contributed by atoms with E-state index < -0.39 is 0 Å². The predicted octanol–water partition coefficient (Wildman–Crippen LogP) is 2.56. The minimum Gasteiger partial charge on any atom is -0.361 e. The van der Waals surface area contributed by atoms with Gasteiger partial charge in [0.2, 0.25) is 5.91 Å². The van der Waals surface area contributed by atoms with Crippen molar-refractivity contribution in [3.63, 3.8) is 0 Å². The van der Waals surface area contributed by atoms with E-state index in [2.05, 4.69) is 15.3 Å². The lowest BCUT2D eigenvalue weighted by molar-refractivity contribution is -0.120. The SMILES string of the molecule is O=C(Cc1c[nH]c2cccc(F)c12)NCc1cccnc1. The van der Waals surface area contributed by atoms with Gasteiger partial charge in [-0.1, -0.05) is 12.1 Å². The van der Waals surface area contributed by atoms with Gasteiger partial charge in [0.05, 0.1) is 6.42 Å². The van der Waals surface area contributed by atoms with Crippen molar-refractivity contribution in [2.24, 2.45) is 0 Å². The van der Waals surface area contributed by atoms with Crippen LogP contribution in [0, 0.1) is 5.82 Å². The average Bonchev–Trinajstić information content (AvgIpc) is 2.91. The Kier molecular flexibility index (Phi) is 3.64. The number of aromatic amines is 1. The molecule has 1 aromatic carbocycles. The van der Waals surface area contributed by atoms with Gasteiger partial charge in [0.15, 0.2) is 0 Å². The molecule has 0 spiro atoms. The van der Waals surface area contributed by atoms with E-state index in [1.165, 1.54) is 6.07 Å². The molecule has 3 aromatic rings. The van der Waals surface area contributed by atoms with Gasteiger partial charge in [-0.15, -0.1) is 0 Å². The standard InChI is InChI=1S/C16H14FN3O/c17-13-4-1-5-14-16(13)12(10-19-14)7-15(21)20-9-11-3-2-6-18-8-11/h1-6,8,10,19H,7,9H2,(H,20,21). The van der Waals surface area contributed by atoms with Gasteiger partial charge in [-0.2, -0.15) is 0 Å². The Balaban J connectivity index is 1.69. The van der Waals surface area contributed by atoms with E-state index in [-0.39, 0.29) is 18.1 Å². The summed E-state index contributed by atoms with van der Waals surface area (Å²) in [4.78, 5) is 18.9. The number of carbonyl (C=O) groups excluding carboxylic acids is 1. The first-order chi connectivity index (χ1) is 10.2. The molecule has 2 aromatic heterocycles. The number of benzene rings is 1. The topological polar surface area (TPSA) is 57.8 Å². The molecule has 106 valence electrons. The minimum absolute atomic E-state index is 0.140. The Labute approximate surface area is 121 Å². The zero-order valence-corrected chi connectivity index (χ0v) is 11.3. The highest BCUT2D eigenvalue weighted by Gasteiger charge is 2.11. The molecule has 2 heterocycles. The van der Waals surface area contributed by atoms with Gasteiger partial charge in [-0.25, -0.2) is 4.39 Å². The number of fused-ring (bicyclic) bond motifs is 1. The number of nitrogens with zero attached hydrogens (tertiary/aromatic N) is 1. The molecule has 5 heteroatoms. The van der Waals surface area contributed by atoms with Crippen LogP contribution in [0.3, 0.4) is 0 Å². The number of nitrogens with one attached hydrogen (secondary N) is 2.